The Kier molecular flexibility index (Phi) is 7.47. The van der Waals surface area contributed by atoms with Crippen molar-refractivity contribution in [2.24, 2.45) is 0 Å². The van der Waals surface area contributed by atoms with Gasteiger partial charge in [-0.1, -0.05) is 24.3 Å². The van der Waals surface area contributed by atoms with Gasteiger partial charge in [-0.05, 0) is 61.1 Å². The van der Waals surface area contributed by atoms with Gasteiger partial charge in [-0.15, -0.1) is 0 Å². The number of anilines is 2. The fourth-order valence-electron chi connectivity index (χ4n) is 4.16. The summed E-state index contributed by atoms with van der Waals surface area (Å²) in [5.74, 6) is 0.829. The smallest absolute Gasteiger partial charge is 0.302 e. The lowest BCUT2D eigenvalue weighted by atomic mass is 9.89. The van der Waals surface area contributed by atoms with Crippen LogP contribution in [-0.2, 0) is 11.3 Å². The van der Waals surface area contributed by atoms with Crippen LogP contribution in [0.25, 0.3) is 0 Å². The second-order valence-corrected chi connectivity index (χ2v) is 8.33. The first kappa shape index (κ1) is 23.4. The van der Waals surface area contributed by atoms with E-state index in [1.807, 2.05) is 19.1 Å². The van der Waals surface area contributed by atoms with Gasteiger partial charge in [-0.25, -0.2) is 0 Å². The number of hydrogen-bond acceptors (Lipinski definition) is 6. The highest BCUT2D eigenvalue weighted by atomic mass is 16.5. The third-order valence-corrected chi connectivity index (χ3v) is 5.93. The van der Waals surface area contributed by atoms with Crippen molar-refractivity contribution in [3.8, 4) is 5.75 Å². The molecule has 178 valence electrons. The summed E-state index contributed by atoms with van der Waals surface area (Å²) in [7, 11) is 0. The first-order chi connectivity index (χ1) is 16.5. The summed E-state index contributed by atoms with van der Waals surface area (Å²) in [5, 5.41) is 5.22. The zero-order valence-corrected chi connectivity index (χ0v) is 19.5. The van der Waals surface area contributed by atoms with Gasteiger partial charge >= 0.3 is 6.01 Å². The summed E-state index contributed by atoms with van der Waals surface area (Å²) in [6, 6.07) is 16.8. The first-order valence-corrected chi connectivity index (χ1v) is 11.6. The molecule has 1 aromatic heterocycles. The summed E-state index contributed by atoms with van der Waals surface area (Å²) in [5.41, 5.74) is 3.69. The maximum absolute atomic E-state index is 12.3. The van der Waals surface area contributed by atoms with Gasteiger partial charge in [0.2, 0.25) is 5.91 Å². The molecule has 1 aliphatic rings. The fourth-order valence-corrected chi connectivity index (χ4v) is 4.16. The van der Waals surface area contributed by atoms with Crippen LogP contribution in [0.2, 0.25) is 0 Å². The lowest BCUT2D eigenvalue weighted by molar-refractivity contribution is -0.114. The number of carbonyl (C=O) groups excluding carboxylic acids is 2. The Labute approximate surface area is 199 Å². The third kappa shape index (κ3) is 5.95. The molecule has 1 aliphatic heterocycles. The van der Waals surface area contributed by atoms with Crippen LogP contribution in [0.3, 0.4) is 0 Å². The summed E-state index contributed by atoms with van der Waals surface area (Å²) in [6.07, 6.45) is 3.45. The lowest BCUT2D eigenvalue weighted by Crippen LogP contribution is -2.32. The Morgan fingerprint density at radius 3 is 2.44 bits per heavy atom. The Hall–Kier alpha value is -3.81. The summed E-state index contributed by atoms with van der Waals surface area (Å²) in [6.45, 7) is 6.42. The molecule has 0 atom stereocenters. The van der Waals surface area contributed by atoms with Gasteiger partial charge in [0.15, 0.2) is 5.69 Å². The van der Waals surface area contributed by atoms with Crippen LogP contribution in [0.15, 0.2) is 59.2 Å². The van der Waals surface area contributed by atoms with E-state index < -0.39 is 0 Å². The van der Waals surface area contributed by atoms with Gasteiger partial charge in [0.25, 0.3) is 5.91 Å². The summed E-state index contributed by atoms with van der Waals surface area (Å²) < 4.78 is 10.6. The molecule has 0 bridgehead atoms. The number of oxazole rings is 1. The molecule has 0 spiro atoms. The topological polar surface area (TPSA) is 96.7 Å². The minimum absolute atomic E-state index is 0.00768. The maximum Gasteiger partial charge on any atom is 0.302 e. The van der Waals surface area contributed by atoms with Gasteiger partial charge in [0.05, 0.1) is 6.61 Å². The van der Waals surface area contributed by atoms with Crippen LogP contribution < -0.4 is 20.3 Å². The number of hydrogen-bond donors (Lipinski definition) is 2. The molecule has 8 nitrogen and oxygen atoms in total. The summed E-state index contributed by atoms with van der Waals surface area (Å²) in [4.78, 5) is 29.7. The van der Waals surface area contributed by atoms with Crippen molar-refractivity contribution < 1.29 is 18.7 Å². The van der Waals surface area contributed by atoms with E-state index in [1.165, 1.54) is 24.4 Å². The second kappa shape index (κ2) is 10.9. The average Bonchev–Trinajstić information content (AvgIpc) is 3.32. The van der Waals surface area contributed by atoms with E-state index in [-0.39, 0.29) is 23.5 Å². The van der Waals surface area contributed by atoms with E-state index in [2.05, 4.69) is 56.9 Å². The molecule has 0 aliphatic carbocycles. The van der Waals surface area contributed by atoms with Crippen LogP contribution in [0.5, 0.6) is 5.75 Å². The number of carbonyl (C=O) groups is 2. The number of piperidine rings is 1. The Morgan fingerprint density at radius 2 is 1.79 bits per heavy atom. The number of ether oxygens (including phenoxy) is 1. The molecule has 4 rings (SSSR count). The van der Waals surface area contributed by atoms with Crippen molar-refractivity contribution in [1.29, 1.82) is 0 Å². The molecular formula is C26H30N4O4. The maximum atomic E-state index is 12.3. The van der Waals surface area contributed by atoms with Crippen molar-refractivity contribution in [2.45, 2.75) is 39.2 Å². The van der Waals surface area contributed by atoms with E-state index in [0.29, 0.717) is 19.1 Å². The largest absolute Gasteiger partial charge is 0.494 e. The normalized spacial score (nSPS) is 14.0. The van der Waals surface area contributed by atoms with E-state index in [0.717, 1.165) is 37.2 Å². The Morgan fingerprint density at radius 1 is 1.09 bits per heavy atom. The number of benzene rings is 2. The van der Waals surface area contributed by atoms with Crippen molar-refractivity contribution in [1.82, 2.24) is 10.3 Å². The molecule has 1 saturated heterocycles. The van der Waals surface area contributed by atoms with Crippen molar-refractivity contribution in [3.63, 3.8) is 0 Å². The van der Waals surface area contributed by atoms with Crippen molar-refractivity contribution in [3.05, 3.63) is 71.6 Å². The zero-order chi connectivity index (χ0) is 23.9. The molecular weight excluding hydrogens is 432 g/mol. The average molecular weight is 463 g/mol. The molecule has 0 radical (unpaired) electrons. The first-order valence-electron chi connectivity index (χ1n) is 11.6. The molecule has 34 heavy (non-hydrogen) atoms. The Bertz CT molecular complexity index is 1100. The molecule has 2 amide bonds. The minimum atomic E-state index is -0.360. The molecule has 0 unspecified atom stereocenters. The van der Waals surface area contributed by atoms with Gasteiger partial charge < -0.3 is 19.4 Å². The number of amides is 2. The predicted molar refractivity (Wildman–Crippen MR) is 130 cm³/mol. The number of nitrogens with zero attached hydrogens (tertiary/aromatic N) is 2. The lowest BCUT2D eigenvalue weighted by Gasteiger charge is -2.34. The molecule has 2 aromatic carbocycles. The predicted octanol–water partition coefficient (Wildman–Crippen LogP) is 4.35. The van der Waals surface area contributed by atoms with Crippen LogP contribution in [0, 0.1) is 0 Å². The van der Waals surface area contributed by atoms with Gasteiger partial charge in [-0.2, -0.15) is 4.98 Å². The molecule has 8 heteroatoms. The van der Waals surface area contributed by atoms with Crippen LogP contribution >= 0.6 is 0 Å². The molecule has 2 heterocycles. The minimum Gasteiger partial charge on any atom is -0.494 e. The van der Waals surface area contributed by atoms with E-state index in [4.69, 9.17) is 9.15 Å². The number of aromatic nitrogens is 1. The van der Waals surface area contributed by atoms with E-state index in [9.17, 15) is 9.59 Å². The van der Waals surface area contributed by atoms with Crippen molar-refractivity contribution in [2.75, 3.05) is 29.9 Å². The fraction of sp³-hybridized carbons (Fsp3) is 0.346. The zero-order valence-electron chi connectivity index (χ0n) is 19.5. The van der Waals surface area contributed by atoms with Gasteiger partial charge in [0, 0.05) is 32.2 Å². The summed E-state index contributed by atoms with van der Waals surface area (Å²) >= 11 is 0. The van der Waals surface area contributed by atoms with Crippen LogP contribution in [0.1, 0.15) is 54.2 Å². The second-order valence-electron chi connectivity index (χ2n) is 8.33. The molecule has 3 aromatic rings. The van der Waals surface area contributed by atoms with Crippen molar-refractivity contribution >= 4 is 23.5 Å². The molecule has 1 fully saturated rings. The van der Waals surface area contributed by atoms with E-state index >= 15 is 0 Å². The molecule has 0 saturated carbocycles. The molecule has 2 N–H and O–H groups in total. The monoisotopic (exact) mass is 462 g/mol. The highest BCUT2D eigenvalue weighted by Crippen LogP contribution is 2.31. The third-order valence-electron chi connectivity index (χ3n) is 5.93. The van der Waals surface area contributed by atoms with Crippen LogP contribution in [-0.4, -0.2) is 36.5 Å². The highest BCUT2D eigenvalue weighted by molar-refractivity contribution is 5.93. The van der Waals surface area contributed by atoms with Gasteiger partial charge in [-0.3, -0.25) is 14.9 Å². The SMILES string of the molecule is CCOc1ccc(C2CCN(c3ccc(CNC(=O)c4coc(NC(C)=O)n4)cc3)CC2)cc1. The van der Waals surface area contributed by atoms with E-state index in [1.54, 1.807) is 0 Å². The number of nitrogens with one attached hydrogen (secondary N) is 2. The van der Waals surface area contributed by atoms with Crippen LogP contribution in [0.4, 0.5) is 11.7 Å². The Balaban J connectivity index is 1.25. The van der Waals surface area contributed by atoms with Gasteiger partial charge in [0.1, 0.15) is 12.0 Å². The standard InChI is InChI=1S/C26H30N4O4/c1-3-33-23-10-6-20(7-11-23)21-12-14-30(15-13-21)22-8-4-19(5-9-22)16-27-25(32)24-17-34-26(29-24)28-18(2)31/h4-11,17,21H,3,12-16H2,1-2H3,(H,27,32)(H,28,29,31). The quantitative estimate of drug-likeness (QED) is 0.517. The number of rotatable bonds is 8. The highest BCUT2D eigenvalue weighted by Gasteiger charge is 2.21.